The van der Waals surface area contributed by atoms with Crippen LogP contribution in [0.25, 0.3) is 0 Å². The van der Waals surface area contributed by atoms with Crippen LogP contribution in [0.3, 0.4) is 0 Å². The Morgan fingerprint density at radius 3 is 2.54 bits per heavy atom. The minimum atomic E-state index is -0.715. The summed E-state index contributed by atoms with van der Waals surface area (Å²) in [7, 11) is 0. The summed E-state index contributed by atoms with van der Waals surface area (Å²) in [5, 5.41) is 0. The monoisotopic (exact) mass is 491 g/mol. The minimum Gasteiger partial charge on any atom is -0.464 e. The lowest BCUT2D eigenvalue weighted by Gasteiger charge is -2.30. The highest BCUT2D eigenvalue weighted by molar-refractivity contribution is 5.86. The summed E-state index contributed by atoms with van der Waals surface area (Å²) in [5.41, 5.74) is 0. The predicted molar refractivity (Wildman–Crippen MR) is 116 cm³/mol. The van der Waals surface area contributed by atoms with Crippen molar-refractivity contribution in [1.82, 2.24) is 4.90 Å². The molecule has 192 valence electrons. The van der Waals surface area contributed by atoms with Gasteiger partial charge in [-0.15, -0.1) is 0 Å². The summed E-state index contributed by atoms with van der Waals surface area (Å²) in [6, 6.07) is 0. The Labute approximate surface area is 203 Å². The van der Waals surface area contributed by atoms with E-state index in [1.54, 1.807) is 0 Å². The first kappa shape index (κ1) is 23.2. The van der Waals surface area contributed by atoms with Crippen LogP contribution in [0.4, 0.5) is 0 Å². The fourth-order valence-corrected chi connectivity index (χ4v) is 7.62. The first-order chi connectivity index (χ1) is 17.0. The van der Waals surface area contributed by atoms with Gasteiger partial charge in [0.25, 0.3) is 0 Å². The van der Waals surface area contributed by atoms with Gasteiger partial charge in [0.05, 0.1) is 31.0 Å². The molecule has 0 spiro atoms. The molecule has 6 fully saturated rings. The number of morpholine rings is 1. The quantitative estimate of drug-likeness (QED) is 0.352. The second-order valence-electron chi connectivity index (χ2n) is 11.0. The number of carbonyl (C=O) groups is 4. The van der Waals surface area contributed by atoms with Crippen molar-refractivity contribution in [3.05, 3.63) is 0 Å². The molecule has 0 N–H and O–H groups in total. The third-order valence-electron chi connectivity index (χ3n) is 9.21. The Kier molecular flexibility index (Phi) is 6.20. The molecular weight excluding hydrogens is 458 g/mol. The van der Waals surface area contributed by atoms with Crippen molar-refractivity contribution in [2.24, 2.45) is 41.4 Å². The van der Waals surface area contributed by atoms with E-state index >= 15 is 0 Å². The SMILES string of the molecule is O=C(COC(=O)C1CC2CCC1C2)OC1C2CC3C1OC(=O)C3C2C(=O)OCCN1CCOCC1. The lowest BCUT2D eigenvalue weighted by molar-refractivity contribution is -0.174. The van der Waals surface area contributed by atoms with E-state index in [-0.39, 0.29) is 30.3 Å². The number of ether oxygens (including phenoxy) is 5. The molecule has 0 amide bonds. The molecule has 6 rings (SSSR count). The Morgan fingerprint density at radius 1 is 0.971 bits per heavy atom. The summed E-state index contributed by atoms with van der Waals surface area (Å²) in [4.78, 5) is 52.7. The van der Waals surface area contributed by atoms with E-state index in [1.165, 1.54) is 6.42 Å². The normalized spacial score (nSPS) is 41.1. The van der Waals surface area contributed by atoms with Crippen molar-refractivity contribution in [2.75, 3.05) is 46.1 Å². The minimum absolute atomic E-state index is 0.114. The fourth-order valence-electron chi connectivity index (χ4n) is 7.62. The number of hydrogen-bond acceptors (Lipinski definition) is 10. The first-order valence-electron chi connectivity index (χ1n) is 13.0. The highest BCUT2D eigenvalue weighted by Gasteiger charge is 2.70. The summed E-state index contributed by atoms with van der Waals surface area (Å²) >= 11 is 0. The average Bonchev–Trinajstić information content (AvgIpc) is 3.66. The van der Waals surface area contributed by atoms with Crippen LogP contribution in [0.15, 0.2) is 0 Å². The van der Waals surface area contributed by atoms with Crippen molar-refractivity contribution >= 4 is 23.9 Å². The lowest BCUT2D eigenvalue weighted by atomic mass is 9.78. The molecule has 10 heteroatoms. The highest BCUT2D eigenvalue weighted by atomic mass is 16.6. The van der Waals surface area contributed by atoms with Crippen LogP contribution in [0.2, 0.25) is 0 Å². The highest BCUT2D eigenvalue weighted by Crippen LogP contribution is 2.59. The molecule has 0 aromatic heterocycles. The molecule has 2 heterocycles. The second kappa shape index (κ2) is 9.35. The van der Waals surface area contributed by atoms with Crippen molar-refractivity contribution in [1.29, 1.82) is 0 Å². The Hall–Kier alpha value is -2.20. The average molecular weight is 492 g/mol. The maximum atomic E-state index is 13.0. The Morgan fingerprint density at radius 2 is 1.80 bits per heavy atom. The Bertz CT molecular complexity index is 886. The van der Waals surface area contributed by atoms with Gasteiger partial charge in [-0.05, 0) is 37.5 Å². The Balaban J connectivity index is 1.02. The number of hydrogen-bond donors (Lipinski definition) is 0. The van der Waals surface area contributed by atoms with Crippen LogP contribution < -0.4 is 0 Å². The third-order valence-corrected chi connectivity index (χ3v) is 9.21. The molecule has 0 aromatic rings. The molecule has 35 heavy (non-hydrogen) atoms. The molecule has 2 aliphatic heterocycles. The summed E-state index contributed by atoms with van der Waals surface area (Å²) in [5.74, 6) is -2.67. The maximum Gasteiger partial charge on any atom is 0.344 e. The molecule has 6 aliphatic rings. The van der Waals surface area contributed by atoms with Gasteiger partial charge < -0.3 is 23.7 Å². The van der Waals surface area contributed by atoms with E-state index in [2.05, 4.69) is 4.90 Å². The smallest absolute Gasteiger partial charge is 0.344 e. The fraction of sp³-hybridized carbons (Fsp3) is 0.840. The predicted octanol–water partition coefficient (Wildman–Crippen LogP) is 0.561. The van der Waals surface area contributed by atoms with E-state index in [9.17, 15) is 19.2 Å². The second-order valence-corrected chi connectivity index (χ2v) is 11.0. The van der Waals surface area contributed by atoms with Gasteiger partial charge in [0.1, 0.15) is 18.8 Å². The lowest BCUT2D eigenvalue weighted by Crippen LogP contribution is -2.44. The van der Waals surface area contributed by atoms with Crippen molar-refractivity contribution in [3.8, 4) is 0 Å². The van der Waals surface area contributed by atoms with E-state index < -0.39 is 48.6 Å². The van der Waals surface area contributed by atoms with Gasteiger partial charge in [0.2, 0.25) is 0 Å². The molecule has 4 aliphatic carbocycles. The topological polar surface area (TPSA) is 118 Å². The van der Waals surface area contributed by atoms with Gasteiger partial charge in [0.15, 0.2) is 6.61 Å². The van der Waals surface area contributed by atoms with E-state index in [1.807, 2.05) is 0 Å². The van der Waals surface area contributed by atoms with Crippen molar-refractivity contribution < 1.29 is 42.9 Å². The molecule has 0 radical (unpaired) electrons. The van der Waals surface area contributed by atoms with Crippen LogP contribution in [-0.4, -0.2) is 87.0 Å². The number of rotatable bonds is 8. The molecule has 4 bridgehead atoms. The number of carbonyl (C=O) groups excluding carboxylic acids is 4. The molecule has 9 unspecified atom stereocenters. The van der Waals surface area contributed by atoms with Crippen LogP contribution in [-0.2, 0) is 42.9 Å². The zero-order valence-electron chi connectivity index (χ0n) is 19.8. The number of nitrogens with zero attached hydrogens (tertiary/aromatic N) is 1. The van der Waals surface area contributed by atoms with Crippen LogP contribution in [0.5, 0.6) is 0 Å². The third kappa shape index (κ3) is 4.22. The van der Waals surface area contributed by atoms with E-state index in [0.717, 1.165) is 32.4 Å². The summed E-state index contributed by atoms with van der Waals surface area (Å²) in [6.45, 7) is 3.32. The molecule has 0 aromatic carbocycles. The van der Waals surface area contributed by atoms with Gasteiger partial charge in [0, 0.05) is 31.5 Å². The van der Waals surface area contributed by atoms with Gasteiger partial charge in [-0.25, -0.2) is 4.79 Å². The van der Waals surface area contributed by atoms with Gasteiger partial charge >= 0.3 is 23.9 Å². The van der Waals surface area contributed by atoms with Crippen LogP contribution in [0, 0.1) is 41.4 Å². The van der Waals surface area contributed by atoms with Crippen LogP contribution in [0.1, 0.15) is 32.1 Å². The zero-order chi connectivity index (χ0) is 24.1. The van der Waals surface area contributed by atoms with E-state index in [0.29, 0.717) is 38.0 Å². The number of esters is 4. The largest absolute Gasteiger partial charge is 0.464 e. The molecule has 9 atom stereocenters. The summed E-state index contributed by atoms with van der Waals surface area (Å²) in [6.07, 6.45) is 3.48. The first-order valence-corrected chi connectivity index (χ1v) is 13.0. The van der Waals surface area contributed by atoms with Crippen LogP contribution >= 0.6 is 0 Å². The van der Waals surface area contributed by atoms with Crippen molar-refractivity contribution in [3.63, 3.8) is 0 Å². The zero-order valence-corrected chi connectivity index (χ0v) is 19.8. The van der Waals surface area contributed by atoms with Gasteiger partial charge in [-0.3, -0.25) is 19.3 Å². The van der Waals surface area contributed by atoms with Crippen molar-refractivity contribution in [2.45, 2.75) is 44.3 Å². The standard InChI is InChI=1S/C25H33NO9/c27-18(12-33-23(28)15-10-13-1-2-14(15)9-13)34-21-16-11-17-20(25(30)35-22(17)21)19(16)24(29)32-8-5-26-3-6-31-7-4-26/h13-17,19-22H,1-12H2. The van der Waals surface area contributed by atoms with Gasteiger partial charge in [-0.2, -0.15) is 0 Å². The van der Waals surface area contributed by atoms with Gasteiger partial charge in [-0.1, -0.05) is 6.42 Å². The molecule has 2 saturated heterocycles. The molecule has 4 saturated carbocycles. The maximum absolute atomic E-state index is 13.0. The molecule has 10 nitrogen and oxygen atoms in total. The summed E-state index contributed by atoms with van der Waals surface area (Å²) < 4.78 is 27.3. The van der Waals surface area contributed by atoms with E-state index in [4.69, 9.17) is 23.7 Å². The number of fused-ring (bicyclic) bond motifs is 3. The molecular formula is C25H33NO9.